The van der Waals surface area contributed by atoms with Crippen molar-refractivity contribution < 1.29 is 4.43 Å². The van der Waals surface area contributed by atoms with Gasteiger partial charge in [0.2, 0.25) is 0 Å². The minimum atomic E-state index is -1.61. The lowest BCUT2D eigenvalue weighted by Crippen LogP contribution is -2.40. The number of hydrogen-bond acceptors (Lipinski definition) is 1. The van der Waals surface area contributed by atoms with Gasteiger partial charge in [0.25, 0.3) is 0 Å². The monoisotopic (exact) mass is 266 g/mol. The fraction of sp³-hybridized carbons (Fsp3) is 0.750. The molecule has 2 heteroatoms. The van der Waals surface area contributed by atoms with Crippen LogP contribution in [0, 0.1) is 11.8 Å². The second-order valence-electron chi connectivity index (χ2n) is 6.58. The van der Waals surface area contributed by atoms with E-state index in [-0.39, 0.29) is 5.04 Å². The van der Waals surface area contributed by atoms with Gasteiger partial charge in [-0.15, -0.1) is 5.92 Å². The van der Waals surface area contributed by atoms with E-state index in [2.05, 4.69) is 65.6 Å². The second kappa shape index (κ2) is 7.81. The first-order chi connectivity index (χ1) is 8.17. The summed E-state index contributed by atoms with van der Waals surface area (Å²) in [7, 11) is -1.61. The zero-order valence-electron chi connectivity index (χ0n) is 13.3. The highest BCUT2D eigenvalue weighted by molar-refractivity contribution is 6.74. The zero-order chi connectivity index (χ0) is 14.2. The molecule has 0 aromatic heterocycles. The third kappa shape index (κ3) is 7.74. The van der Waals surface area contributed by atoms with E-state index >= 15 is 0 Å². The molecule has 1 nitrogen and oxygen atoms in total. The molecule has 0 aliphatic carbocycles. The van der Waals surface area contributed by atoms with Crippen LogP contribution in [0.1, 0.15) is 53.9 Å². The van der Waals surface area contributed by atoms with Gasteiger partial charge in [0, 0.05) is 6.42 Å². The highest BCUT2D eigenvalue weighted by Gasteiger charge is 2.36. The van der Waals surface area contributed by atoms with E-state index in [0.717, 1.165) is 19.3 Å². The average molecular weight is 267 g/mol. The normalized spacial score (nSPS) is 11.7. The fourth-order valence-corrected chi connectivity index (χ4v) is 2.02. The van der Waals surface area contributed by atoms with E-state index in [4.69, 9.17) is 4.43 Å². The van der Waals surface area contributed by atoms with E-state index in [1.807, 2.05) is 0 Å². The van der Waals surface area contributed by atoms with Gasteiger partial charge in [-0.3, -0.25) is 0 Å². The molecular formula is C16H30OSi. The summed E-state index contributed by atoms with van der Waals surface area (Å²) < 4.78 is 5.99. The van der Waals surface area contributed by atoms with Crippen molar-refractivity contribution in [1.82, 2.24) is 0 Å². The molecule has 0 spiro atoms. The zero-order valence-corrected chi connectivity index (χ0v) is 14.3. The molecule has 18 heavy (non-hydrogen) atoms. The van der Waals surface area contributed by atoms with Crippen LogP contribution in [-0.2, 0) is 4.43 Å². The molecule has 0 aliphatic rings. The van der Waals surface area contributed by atoms with Gasteiger partial charge in [-0.1, -0.05) is 38.3 Å². The summed E-state index contributed by atoms with van der Waals surface area (Å²) in [4.78, 5) is 0. The Balaban J connectivity index is 3.83. The first kappa shape index (κ1) is 17.5. The van der Waals surface area contributed by atoms with Gasteiger partial charge in [0.05, 0.1) is 6.61 Å². The molecule has 0 aromatic rings. The molecule has 0 heterocycles. The Morgan fingerprint density at radius 3 is 2.28 bits per heavy atom. The minimum Gasteiger partial charge on any atom is -0.406 e. The van der Waals surface area contributed by atoms with Gasteiger partial charge in [-0.05, 0) is 44.8 Å². The molecule has 0 rings (SSSR count). The smallest absolute Gasteiger partial charge is 0.193 e. The SMILES string of the molecule is CC(C)=CCCCC#CCO[Si](C)(C)C(C)(C)C. The lowest BCUT2D eigenvalue weighted by molar-refractivity contribution is 0.334. The molecule has 0 fully saturated rings. The minimum absolute atomic E-state index is 0.276. The van der Waals surface area contributed by atoms with E-state index in [9.17, 15) is 0 Å². The van der Waals surface area contributed by atoms with Crippen molar-refractivity contribution in [3.8, 4) is 11.8 Å². The third-order valence-corrected chi connectivity index (χ3v) is 7.97. The quantitative estimate of drug-likeness (QED) is 0.289. The maximum absolute atomic E-state index is 5.99. The van der Waals surface area contributed by atoms with Gasteiger partial charge in [-0.2, -0.15) is 0 Å². The standard InChI is InChI=1S/C16H30OSi/c1-15(2)13-11-9-8-10-12-14-17-18(6,7)16(3,4)5/h13H,8-9,11,14H2,1-7H3. The topological polar surface area (TPSA) is 9.23 Å². The molecular weight excluding hydrogens is 236 g/mol. The lowest BCUT2D eigenvalue weighted by Gasteiger charge is -2.35. The highest BCUT2D eigenvalue weighted by atomic mass is 28.4. The van der Waals surface area contributed by atoms with E-state index in [0.29, 0.717) is 6.61 Å². The van der Waals surface area contributed by atoms with Crippen molar-refractivity contribution in [2.24, 2.45) is 0 Å². The van der Waals surface area contributed by atoms with Crippen molar-refractivity contribution in [2.75, 3.05) is 6.61 Å². The van der Waals surface area contributed by atoms with Crippen LogP contribution in [0.3, 0.4) is 0 Å². The Labute approximate surface area is 115 Å². The molecule has 0 bridgehead atoms. The van der Waals surface area contributed by atoms with E-state index in [1.165, 1.54) is 5.57 Å². The van der Waals surface area contributed by atoms with Gasteiger partial charge < -0.3 is 4.43 Å². The van der Waals surface area contributed by atoms with Crippen LogP contribution in [0.5, 0.6) is 0 Å². The van der Waals surface area contributed by atoms with Crippen LogP contribution >= 0.6 is 0 Å². The molecule has 0 aromatic carbocycles. The van der Waals surface area contributed by atoms with Gasteiger partial charge in [0.15, 0.2) is 8.32 Å². The van der Waals surface area contributed by atoms with Gasteiger partial charge in [-0.25, -0.2) is 0 Å². The summed E-state index contributed by atoms with van der Waals surface area (Å²) in [6, 6.07) is 0. The fourth-order valence-electron chi connectivity index (χ4n) is 1.15. The Bertz CT molecular complexity index is 319. The van der Waals surface area contributed by atoms with Gasteiger partial charge in [0.1, 0.15) is 0 Å². The lowest BCUT2D eigenvalue weighted by atomic mass is 10.2. The Morgan fingerprint density at radius 2 is 1.78 bits per heavy atom. The molecule has 0 amide bonds. The van der Waals surface area contributed by atoms with Crippen molar-refractivity contribution in [1.29, 1.82) is 0 Å². The number of allylic oxidation sites excluding steroid dienone is 2. The molecule has 0 N–H and O–H groups in total. The van der Waals surface area contributed by atoms with Gasteiger partial charge >= 0.3 is 0 Å². The summed E-state index contributed by atoms with van der Waals surface area (Å²) >= 11 is 0. The van der Waals surface area contributed by atoms with E-state index in [1.54, 1.807) is 0 Å². The predicted octanol–water partition coefficient (Wildman–Crippen LogP) is 5.15. The number of hydrogen-bond donors (Lipinski definition) is 0. The Morgan fingerprint density at radius 1 is 1.17 bits per heavy atom. The molecule has 0 saturated carbocycles. The molecule has 104 valence electrons. The largest absolute Gasteiger partial charge is 0.406 e. The first-order valence-electron chi connectivity index (χ1n) is 6.90. The highest BCUT2D eigenvalue weighted by Crippen LogP contribution is 2.36. The Kier molecular flexibility index (Phi) is 7.59. The van der Waals surface area contributed by atoms with Crippen LogP contribution in [-0.4, -0.2) is 14.9 Å². The van der Waals surface area contributed by atoms with Crippen LogP contribution < -0.4 is 0 Å². The molecule has 0 atom stereocenters. The number of rotatable bonds is 5. The Hall–Kier alpha value is -0.523. The number of unbranched alkanes of at least 4 members (excludes halogenated alkanes) is 2. The summed E-state index contributed by atoms with van der Waals surface area (Å²) in [5.74, 6) is 6.34. The molecule has 0 saturated heterocycles. The third-order valence-electron chi connectivity index (χ3n) is 3.49. The van der Waals surface area contributed by atoms with Crippen LogP contribution in [0.4, 0.5) is 0 Å². The van der Waals surface area contributed by atoms with Crippen molar-refractivity contribution in [2.45, 2.75) is 72.0 Å². The van der Waals surface area contributed by atoms with Crippen LogP contribution in [0.15, 0.2) is 11.6 Å². The maximum Gasteiger partial charge on any atom is 0.193 e. The summed E-state index contributed by atoms with van der Waals surface area (Å²) in [5, 5.41) is 0.276. The predicted molar refractivity (Wildman–Crippen MR) is 84.2 cm³/mol. The second-order valence-corrected chi connectivity index (χ2v) is 11.4. The van der Waals surface area contributed by atoms with Crippen LogP contribution in [0.2, 0.25) is 18.1 Å². The average Bonchev–Trinajstić information content (AvgIpc) is 2.19. The molecule has 0 unspecified atom stereocenters. The van der Waals surface area contributed by atoms with Crippen molar-refractivity contribution >= 4 is 8.32 Å². The van der Waals surface area contributed by atoms with Crippen molar-refractivity contribution in [3.05, 3.63) is 11.6 Å². The van der Waals surface area contributed by atoms with Crippen molar-refractivity contribution in [3.63, 3.8) is 0 Å². The molecule has 0 radical (unpaired) electrons. The van der Waals surface area contributed by atoms with E-state index < -0.39 is 8.32 Å². The van der Waals surface area contributed by atoms with Crippen LogP contribution in [0.25, 0.3) is 0 Å². The summed E-state index contributed by atoms with van der Waals surface area (Å²) in [6.07, 6.45) is 5.54. The summed E-state index contributed by atoms with van der Waals surface area (Å²) in [6.45, 7) is 16.2. The first-order valence-corrected chi connectivity index (χ1v) is 9.81. The summed E-state index contributed by atoms with van der Waals surface area (Å²) in [5.41, 5.74) is 1.39. The molecule has 0 aliphatic heterocycles. The maximum atomic E-state index is 5.99.